The first kappa shape index (κ1) is 18.2. The Kier molecular flexibility index (Phi) is 6.55. The van der Waals surface area contributed by atoms with E-state index in [0.29, 0.717) is 0 Å². The zero-order chi connectivity index (χ0) is 16.8. The Morgan fingerprint density at radius 2 is 1.77 bits per heavy atom. The van der Waals surface area contributed by atoms with E-state index in [-0.39, 0.29) is 6.61 Å². The number of amides is 2. The minimum atomic E-state index is -4.41. The third kappa shape index (κ3) is 6.26. The highest BCUT2D eigenvalue weighted by atomic mass is 31.2. The van der Waals surface area contributed by atoms with Crippen molar-refractivity contribution in [2.75, 3.05) is 0 Å². The Morgan fingerprint density at radius 3 is 2.32 bits per heavy atom. The Hall–Kier alpha value is -1.89. The molecule has 8 nitrogen and oxygen atoms in total. The highest BCUT2D eigenvalue weighted by Crippen LogP contribution is 2.39. The van der Waals surface area contributed by atoms with Crippen molar-refractivity contribution in [2.24, 2.45) is 0 Å². The Labute approximate surface area is 128 Å². The van der Waals surface area contributed by atoms with Gasteiger partial charge in [-0.2, -0.15) is 0 Å². The van der Waals surface area contributed by atoms with Crippen molar-refractivity contribution in [3.8, 4) is 0 Å². The van der Waals surface area contributed by atoms with Gasteiger partial charge in [0.05, 0.1) is 0 Å². The number of alkyl carbamates (subject to hydrolysis) is 1. The maximum Gasteiger partial charge on any atom is 0.408 e. The minimum Gasteiger partial charge on any atom is -0.445 e. The van der Waals surface area contributed by atoms with Crippen LogP contribution < -0.4 is 10.6 Å². The second-order valence-electron chi connectivity index (χ2n) is 4.70. The van der Waals surface area contributed by atoms with Gasteiger partial charge in [0, 0.05) is 0 Å². The molecule has 0 heterocycles. The molecule has 0 fully saturated rings. The first-order valence-corrected chi connectivity index (χ1v) is 8.21. The molecule has 0 aliphatic rings. The largest absolute Gasteiger partial charge is 0.445 e. The molecule has 0 saturated carbocycles. The monoisotopic (exact) mass is 330 g/mol. The molecule has 0 bridgehead atoms. The molecule has 4 N–H and O–H groups in total. The molecule has 122 valence electrons. The van der Waals surface area contributed by atoms with Crippen LogP contribution in [-0.4, -0.2) is 33.6 Å². The van der Waals surface area contributed by atoms with Gasteiger partial charge in [0.15, 0.2) is 0 Å². The minimum absolute atomic E-state index is 0.0555. The fourth-order valence-corrected chi connectivity index (χ4v) is 1.72. The summed E-state index contributed by atoms with van der Waals surface area (Å²) < 4.78 is 15.9. The predicted octanol–water partition coefficient (Wildman–Crippen LogP) is 0.941. The number of nitrogens with one attached hydrogen (secondary N) is 2. The Balaban J connectivity index is 2.40. The predicted molar refractivity (Wildman–Crippen MR) is 78.9 cm³/mol. The van der Waals surface area contributed by atoms with Crippen LogP contribution in [-0.2, 0) is 20.7 Å². The lowest BCUT2D eigenvalue weighted by atomic mass is 10.2. The van der Waals surface area contributed by atoms with Crippen molar-refractivity contribution in [2.45, 2.75) is 32.3 Å². The van der Waals surface area contributed by atoms with Crippen molar-refractivity contribution in [1.29, 1.82) is 0 Å². The van der Waals surface area contributed by atoms with Crippen LogP contribution in [0.1, 0.15) is 19.4 Å². The van der Waals surface area contributed by atoms with Crippen LogP contribution >= 0.6 is 7.60 Å². The summed E-state index contributed by atoms with van der Waals surface area (Å²) in [6.07, 6.45) is -0.796. The number of carbonyl (C=O) groups excluding carboxylic acids is 2. The first-order chi connectivity index (χ1) is 10.2. The topological polar surface area (TPSA) is 125 Å². The molecule has 1 rings (SSSR count). The third-order valence-corrected chi connectivity index (χ3v) is 3.93. The molecule has 0 aliphatic heterocycles. The highest BCUT2D eigenvalue weighted by Gasteiger charge is 2.27. The van der Waals surface area contributed by atoms with Crippen molar-refractivity contribution >= 4 is 19.6 Å². The van der Waals surface area contributed by atoms with Gasteiger partial charge in [0.25, 0.3) is 0 Å². The van der Waals surface area contributed by atoms with E-state index >= 15 is 0 Å². The smallest absolute Gasteiger partial charge is 0.408 e. The van der Waals surface area contributed by atoms with E-state index in [4.69, 9.17) is 14.5 Å². The number of rotatable bonds is 6. The SMILES string of the molecule is CC(NC(=O)[C@H](C)NC(=O)OCc1ccccc1)P(=O)(O)O. The molecule has 0 spiro atoms. The van der Waals surface area contributed by atoms with E-state index < -0.39 is 31.4 Å². The fraction of sp³-hybridized carbons (Fsp3) is 0.385. The van der Waals surface area contributed by atoms with Crippen LogP contribution in [0.25, 0.3) is 0 Å². The Morgan fingerprint density at radius 1 is 1.18 bits per heavy atom. The molecule has 0 aromatic heterocycles. The van der Waals surface area contributed by atoms with Gasteiger partial charge in [-0.1, -0.05) is 30.3 Å². The number of hydrogen-bond acceptors (Lipinski definition) is 4. The van der Waals surface area contributed by atoms with Crippen LogP contribution in [0.5, 0.6) is 0 Å². The number of carbonyl (C=O) groups is 2. The van der Waals surface area contributed by atoms with Gasteiger partial charge in [-0.15, -0.1) is 0 Å². The van der Waals surface area contributed by atoms with E-state index in [2.05, 4.69) is 10.6 Å². The molecule has 1 aromatic rings. The van der Waals surface area contributed by atoms with Crippen LogP contribution in [0.2, 0.25) is 0 Å². The van der Waals surface area contributed by atoms with Gasteiger partial charge in [-0.3, -0.25) is 9.36 Å². The zero-order valence-electron chi connectivity index (χ0n) is 12.2. The number of hydrogen-bond donors (Lipinski definition) is 4. The van der Waals surface area contributed by atoms with Crippen LogP contribution in [0.4, 0.5) is 4.79 Å². The normalized spacial score (nSPS) is 13.8. The molecular weight excluding hydrogens is 311 g/mol. The van der Waals surface area contributed by atoms with Crippen molar-refractivity contribution in [3.63, 3.8) is 0 Å². The molecule has 0 radical (unpaired) electrons. The lowest BCUT2D eigenvalue weighted by Gasteiger charge is -2.19. The maximum absolute atomic E-state index is 11.7. The summed E-state index contributed by atoms with van der Waals surface area (Å²) in [5.41, 5.74) is 0.796. The lowest BCUT2D eigenvalue weighted by Crippen LogP contribution is -2.47. The summed E-state index contributed by atoms with van der Waals surface area (Å²) in [6, 6.07) is 8.01. The standard InChI is InChI=1S/C13H19N2O6P/c1-9(12(16)15-10(2)22(18,19)20)14-13(17)21-8-11-6-4-3-5-7-11/h3-7,9-10H,8H2,1-2H3,(H,14,17)(H,15,16)(H2,18,19,20)/t9-,10?/m0/s1. The van der Waals surface area contributed by atoms with Crippen LogP contribution in [0, 0.1) is 0 Å². The summed E-state index contributed by atoms with van der Waals surface area (Å²) in [7, 11) is -4.41. The molecule has 0 saturated heterocycles. The summed E-state index contributed by atoms with van der Waals surface area (Å²) >= 11 is 0. The number of ether oxygens (including phenoxy) is 1. The molecule has 9 heteroatoms. The van der Waals surface area contributed by atoms with Crippen molar-refractivity contribution in [3.05, 3.63) is 35.9 Å². The van der Waals surface area contributed by atoms with Gasteiger partial charge in [-0.25, -0.2) is 4.79 Å². The van der Waals surface area contributed by atoms with Gasteiger partial charge < -0.3 is 25.2 Å². The van der Waals surface area contributed by atoms with E-state index in [1.807, 2.05) is 6.07 Å². The van der Waals surface area contributed by atoms with Crippen molar-refractivity contribution in [1.82, 2.24) is 10.6 Å². The zero-order valence-corrected chi connectivity index (χ0v) is 13.1. The highest BCUT2D eigenvalue weighted by molar-refractivity contribution is 7.52. The molecule has 1 unspecified atom stereocenters. The molecular formula is C13H19N2O6P. The molecule has 2 amide bonds. The quantitative estimate of drug-likeness (QED) is 0.575. The summed E-state index contributed by atoms with van der Waals surface area (Å²) in [4.78, 5) is 41.0. The second kappa shape index (κ2) is 7.93. The lowest BCUT2D eigenvalue weighted by molar-refractivity contribution is -0.122. The van der Waals surface area contributed by atoms with Gasteiger partial charge >= 0.3 is 13.7 Å². The van der Waals surface area contributed by atoms with Crippen LogP contribution in [0.15, 0.2) is 30.3 Å². The van der Waals surface area contributed by atoms with Crippen molar-refractivity contribution < 1.29 is 28.7 Å². The Bertz CT molecular complexity index is 559. The molecule has 22 heavy (non-hydrogen) atoms. The summed E-state index contributed by atoms with van der Waals surface area (Å²) in [6.45, 7) is 2.62. The fourth-order valence-electron chi connectivity index (χ4n) is 1.42. The number of benzene rings is 1. The van der Waals surface area contributed by atoms with Gasteiger partial charge in [0.1, 0.15) is 18.4 Å². The average molecular weight is 330 g/mol. The first-order valence-electron chi connectivity index (χ1n) is 6.53. The van der Waals surface area contributed by atoms with E-state index in [9.17, 15) is 14.2 Å². The summed E-state index contributed by atoms with van der Waals surface area (Å²) in [5.74, 6) is -2.04. The van der Waals surface area contributed by atoms with Crippen LogP contribution in [0.3, 0.4) is 0 Å². The molecule has 2 atom stereocenters. The van der Waals surface area contributed by atoms with E-state index in [1.54, 1.807) is 24.3 Å². The van der Waals surface area contributed by atoms with Gasteiger partial charge in [0.2, 0.25) is 5.91 Å². The van der Waals surface area contributed by atoms with E-state index in [0.717, 1.165) is 5.56 Å². The van der Waals surface area contributed by atoms with Gasteiger partial charge in [-0.05, 0) is 19.4 Å². The maximum atomic E-state index is 11.7. The van der Waals surface area contributed by atoms with E-state index in [1.165, 1.54) is 13.8 Å². The summed E-state index contributed by atoms with van der Waals surface area (Å²) in [5, 5.41) is 4.41. The third-order valence-electron chi connectivity index (χ3n) is 2.80. The molecule has 0 aliphatic carbocycles. The average Bonchev–Trinajstić information content (AvgIpc) is 2.45. The second-order valence-corrected chi connectivity index (χ2v) is 6.65. The molecule has 1 aromatic carbocycles.